The molecule has 82 heavy (non-hydrogen) atoms. The molecule has 0 radical (unpaired) electrons. The van der Waals surface area contributed by atoms with Crippen molar-refractivity contribution in [3.63, 3.8) is 0 Å². The van der Waals surface area contributed by atoms with Crippen molar-refractivity contribution in [2.24, 2.45) is 33.5 Å². The Morgan fingerprint density at radius 1 is 0.659 bits per heavy atom. The van der Waals surface area contributed by atoms with Crippen LogP contribution in [-0.4, -0.2) is 254 Å². The minimum absolute atomic E-state index is 0.131. The van der Waals surface area contributed by atoms with Crippen LogP contribution in [0.1, 0.15) is 107 Å². The lowest BCUT2D eigenvalue weighted by Crippen LogP contribution is -2.69. The molecule has 6 heterocycles. The average Bonchev–Trinajstić information content (AvgIpc) is 1.46. The molecule has 1 spiro atoms. The fraction of sp³-hybridized carbons (Fsp3) is 0.944. The number of aliphatic hydroxyl groups is 11. The Kier molecular flexibility index (Phi) is 17.0. The van der Waals surface area contributed by atoms with Crippen LogP contribution in [0, 0.1) is 33.5 Å². The van der Waals surface area contributed by atoms with Crippen molar-refractivity contribution in [1.29, 1.82) is 0 Å². The van der Waals surface area contributed by atoms with E-state index >= 15 is 0 Å². The number of rotatable bonds is 14. The monoisotopic (exact) mass is 1200 g/mol. The highest BCUT2D eigenvalue weighted by Crippen LogP contribution is 2.77. The summed E-state index contributed by atoms with van der Waals surface area (Å²) in [5.74, 6) is -0.972. The first kappa shape index (κ1) is 63.3. The van der Waals surface area contributed by atoms with Crippen LogP contribution in [0.5, 0.6) is 0 Å². The average molecular weight is 1200 g/mol. The van der Waals surface area contributed by atoms with Crippen molar-refractivity contribution in [3.05, 3.63) is 11.6 Å². The Hall–Kier alpha value is -1.76. The normalized spacial score (nSPS) is 53.6. The van der Waals surface area contributed by atoms with Crippen molar-refractivity contribution in [3.8, 4) is 0 Å². The van der Waals surface area contributed by atoms with Crippen molar-refractivity contribution >= 4 is 16.4 Å². The smallest absolute Gasteiger partial charge is 0.397 e. The number of ether oxygens (including phenoxy) is 11. The Labute approximate surface area is 475 Å². The Morgan fingerprint density at radius 2 is 1.26 bits per heavy atom. The van der Waals surface area contributed by atoms with E-state index in [2.05, 4.69) is 6.92 Å². The first-order valence-corrected chi connectivity index (χ1v) is 30.0. The highest BCUT2D eigenvalue weighted by atomic mass is 32.3. The van der Waals surface area contributed by atoms with Gasteiger partial charge in [-0.2, -0.15) is 8.42 Å². The first-order chi connectivity index (χ1) is 38.2. The summed E-state index contributed by atoms with van der Waals surface area (Å²) in [6.07, 6.45) is -29.1. The molecule has 3 saturated carbocycles. The van der Waals surface area contributed by atoms with E-state index in [1.54, 1.807) is 13.0 Å². The maximum atomic E-state index is 14.7. The third-order valence-corrected chi connectivity index (χ3v) is 21.9. The molecule has 6 aliphatic heterocycles. The molecule has 4 aliphatic carbocycles. The standard InChI is InChI=1S/C54H86O27S/c1-22-39(76-45-38(64)41(33(59)26(20-56)74-45)77-44-37(63)40(70-9)32(58)25(19-55)73-44)35(61)36(62)43(72-22)78-42-34(60)27(81-82(67,68)69)21-71-46(42)75-30-13-15-50(6)24-18-29(57)54-47(65)80-52(8,31-12-14-48(2,3)79-31)53(54,66)17-16-51(54,7)23(24)10-11-28(50)49(30,4)5/h18,22-23,25-46,55-64,66H,10-17,19-21H2,1-9H3,(H,67,68,69)/t22-,23-,25-,26-,27-,28-,29+,30+,31-,32-,33-,34+,35-,36-,37-,38-,39-,40+,41+,42-,43+,44+,45+,46+,50-,51+,52+,53+,54-/m1/s1. The lowest BCUT2D eigenvalue weighted by atomic mass is 9.40. The number of aliphatic hydroxyl groups excluding tert-OH is 10. The summed E-state index contributed by atoms with van der Waals surface area (Å²) < 4.78 is 104. The van der Waals surface area contributed by atoms with Gasteiger partial charge in [0.15, 0.2) is 30.8 Å². The van der Waals surface area contributed by atoms with E-state index in [9.17, 15) is 73.9 Å². The topological polar surface area (TPSA) is 405 Å². The van der Waals surface area contributed by atoms with Gasteiger partial charge in [-0.3, -0.25) is 9.35 Å². The van der Waals surface area contributed by atoms with Crippen molar-refractivity contribution in [1.82, 2.24) is 0 Å². The highest BCUT2D eigenvalue weighted by molar-refractivity contribution is 7.80. The molecular formula is C54H86O27S. The van der Waals surface area contributed by atoms with Gasteiger partial charge in [0, 0.05) is 7.11 Å². The third kappa shape index (κ3) is 9.71. The van der Waals surface area contributed by atoms with Gasteiger partial charge in [-0.25, -0.2) is 4.18 Å². The Bertz CT molecular complexity index is 2490. The summed E-state index contributed by atoms with van der Waals surface area (Å²) in [6, 6.07) is 0. The highest BCUT2D eigenvalue weighted by Gasteiger charge is 2.87. The minimum Gasteiger partial charge on any atom is -0.453 e. The Balaban J connectivity index is 0.852. The largest absolute Gasteiger partial charge is 0.453 e. The van der Waals surface area contributed by atoms with Crippen molar-refractivity contribution < 1.29 is 130 Å². The van der Waals surface area contributed by atoms with E-state index < -0.39 is 210 Å². The predicted molar refractivity (Wildman–Crippen MR) is 273 cm³/mol. The summed E-state index contributed by atoms with van der Waals surface area (Å²) >= 11 is 0. The Morgan fingerprint density at radius 3 is 1.85 bits per heavy atom. The molecule has 0 amide bonds. The molecule has 6 saturated heterocycles. The van der Waals surface area contributed by atoms with E-state index in [-0.39, 0.29) is 18.3 Å². The van der Waals surface area contributed by atoms with E-state index in [1.165, 1.54) is 14.0 Å². The molecule has 28 heteroatoms. The molecule has 27 nitrogen and oxygen atoms in total. The molecule has 0 unspecified atom stereocenters. The van der Waals surface area contributed by atoms with Gasteiger partial charge >= 0.3 is 16.4 Å². The van der Waals surface area contributed by atoms with Crippen LogP contribution < -0.4 is 0 Å². The summed E-state index contributed by atoms with van der Waals surface area (Å²) in [6.45, 7) is 13.1. The second kappa shape index (κ2) is 22.1. The number of allylic oxidation sites excluding steroid dienone is 1. The number of carbonyl (C=O) groups is 1. The fourth-order valence-electron chi connectivity index (χ4n) is 17.0. The lowest BCUT2D eigenvalue weighted by molar-refractivity contribution is -0.389. The van der Waals surface area contributed by atoms with Gasteiger partial charge < -0.3 is 108 Å². The SMILES string of the molecule is CO[C@@H]1[C@@H](O)[C@H](O[C@@H]2[C@@H](O)[C@H](O[C@H]3[C@H](O)[C@@H](O)[C@H](O[C@H]4[C@H](O[C@H]5CC[C@]6(C)C7=C[C@H](O)[C@]89C(=O)O[C@@](C)([C@H]%10CCC(C)(C)O%10)[C@@]8(O)CC[C@@]9(C)[C@@H]7CC[C@@H]6C5(C)C)OC[C@@H](OS(=O)(=O)O)[C@@H]4O)O[C@@H]3C)O[C@H](CO)[C@H]2O)O[C@H](CO)[C@H]1O. The van der Waals surface area contributed by atoms with Gasteiger partial charge in [0.25, 0.3) is 0 Å². The number of cyclic esters (lactones) is 1. The van der Waals surface area contributed by atoms with Crippen LogP contribution in [0.25, 0.3) is 0 Å². The van der Waals surface area contributed by atoms with Crippen LogP contribution in [0.15, 0.2) is 11.6 Å². The quantitative estimate of drug-likeness (QED) is 0.0378. The van der Waals surface area contributed by atoms with E-state index in [0.717, 1.165) is 5.57 Å². The summed E-state index contributed by atoms with van der Waals surface area (Å²) in [5, 5.41) is 125. The fourth-order valence-corrected chi connectivity index (χ4v) is 17.5. The number of carbonyl (C=O) groups excluding carboxylic acids is 1. The molecular weight excluding hydrogens is 1110 g/mol. The predicted octanol–water partition coefficient (Wildman–Crippen LogP) is -2.26. The summed E-state index contributed by atoms with van der Waals surface area (Å²) in [5.41, 5.74) is -6.49. The van der Waals surface area contributed by atoms with Gasteiger partial charge in [-0.1, -0.05) is 39.3 Å². The zero-order chi connectivity index (χ0) is 60.0. The summed E-state index contributed by atoms with van der Waals surface area (Å²) in [7, 11) is -4.02. The van der Waals surface area contributed by atoms with Crippen LogP contribution in [-0.2, 0) is 71.5 Å². The van der Waals surface area contributed by atoms with Gasteiger partial charge in [0.1, 0.15) is 103 Å². The molecule has 470 valence electrons. The summed E-state index contributed by atoms with van der Waals surface area (Å²) in [4.78, 5) is 14.7. The number of hydrogen-bond donors (Lipinski definition) is 12. The number of hydrogen-bond acceptors (Lipinski definition) is 26. The number of esters is 1. The van der Waals surface area contributed by atoms with Crippen LogP contribution in [0.3, 0.4) is 0 Å². The molecule has 10 aliphatic rings. The lowest BCUT2D eigenvalue weighted by Gasteiger charge is -2.64. The van der Waals surface area contributed by atoms with Gasteiger partial charge in [0.2, 0.25) is 0 Å². The van der Waals surface area contributed by atoms with E-state index in [0.29, 0.717) is 44.9 Å². The third-order valence-electron chi connectivity index (χ3n) is 21.4. The van der Waals surface area contributed by atoms with Crippen molar-refractivity contribution in [2.75, 3.05) is 26.9 Å². The second-order valence-electron chi connectivity index (χ2n) is 26.5. The van der Waals surface area contributed by atoms with Crippen molar-refractivity contribution in [2.45, 2.75) is 259 Å². The number of fused-ring (bicyclic) bond motifs is 4. The van der Waals surface area contributed by atoms with Gasteiger partial charge in [0.05, 0.1) is 43.7 Å². The molecule has 9 fully saturated rings. The molecule has 29 atom stereocenters. The van der Waals surface area contributed by atoms with E-state index in [4.69, 9.17) is 56.3 Å². The number of methoxy groups -OCH3 is 1. The molecule has 0 aromatic carbocycles. The minimum atomic E-state index is -5.19. The zero-order valence-corrected chi connectivity index (χ0v) is 48.4. The molecule has 0 aromatic heterocycles. The van der Waals surface area contributed by atoms with Crippen LogP contribution in [0.4, 0.5) is 0 Å². The zero-order valence-electron chi connectivity index (χ0n) is 47.6. The van der Waals surface area contributed by atoms with Gasteiger partial charge in [-0.15, -0.1) is 0 Å². The molecule has 0 bridgehead atoms. The molecule has 12 N–H and O–H groups in total. The first-order valence-electron chi connectivity index (χ1n) is 28.6. The molecule has 0 aromatic rings. The maximum Gasteiger partial charge on any atom is 0.397 e. The van der Waals surface area contributed by atoms with Crippen LogP contribution in [0.2, 0.25) is 0 Å². The molecule has 10 rings (SSSR count). The second-order valence-corrected chi connectivity index (χ2v) is 27.5. The van der Waals surface area contributed by atoms with Gasteiger partial charge in [-0.05, 0) is 107 Å². The van der Waals surface area contributed by atoms with Crippen LogP contribution >= 0.6 is 0 Å². The van der Waals surface area contributed by atoms with E-state index in [1.807, 2.05) is 34.6 Å². The maximum absolute atomic E-state index is 14.7.